The van der Waals surface area contributed by atoms with Gasteiger partial charge in [0.25, 0.3) is 5.91 Å². The second-order valence-electron chi connectivity index (χ2n) is 4.02. The van der Waals surface area contributed by atoms with Gasteiger partial charge >= 0.3 is 6.61 Å². The number of amides is 1. The van der Waals surface area contributed by atoms with Gasteiger partial charge < -0.3 is 15.4 Å². The number of ether oxygens (including phenoxy) is 1. The SMILES string of the molecule is CCCNCCNC(=O)c1ccc(F)cc1OC(F)F.Cl. The number of hydrogen-bond donors (Lipinski definition) is 2. The zero-order chi connectivity index (χ0) is 15.0. The standard InChI is InChI=1S/C13H17F3N2O2.ClH/c1-2-5-17-6-7-18-12(19)10-4-3-9(14)8-11(10)20-13(15)16;/h3-4,8,13,17H,2,5-7H2,1H3,(H,18,19);1H. The molecule has 2 N–H and O–H groups in total. The number of hydrogen-bond acceptors (Lipinski definition) is 3. The van der Waals surface area contributed by atoms with Gasteiger partial charge in [-0.05, 0) is 25.1 Å². The van der Waals surface area contributed by atoms with Crippen molar-refractivity contribution in [2.75, 3.05) is 19.6 Å². The molecule has 0 unspecified atom stereocenters. The van der Waals surface area contributed by atoms with Crippen molar-refractivity contribution in [1.82, 2.24) is 10.6 Å². The summed E-state index contributed by atoms with van der Waals surface area (Å²) in [7, 11) is 0. The topological polar surface area (TPSA) is 50.4 Å². The summed E-state index contributed by atoms with van der Waals surface area (Å²) in [6.45, 7) is 0.620. The molecule has 0 aliphatic heterocycles. The van der Waals surface area contributed by atoms with Gasteiger partial charge in [-0.25, -0.2) is 4.39 Å². The number of benzene rings is 1. The molecule has 1 rings (SSSR count). The van der Waals surface area contributed by atoms with E-state index < -0.39 is 24.1 Å². The number of halogens is 4. The Morgan fingerprint density at radius 1 is 1.29 bits per heavy atom. The zero-order valence-electron chi connectivity index (χ0n) is 11.5. The molecule has 0 atom stereocenters. The number of carbonyl (C=O) groups excluding carboxylic acids is 1. The lowest BCUT2D eigenvalue weighted by atomic mass is 10.2. The van der Waals surface area contributed by atoms with Crippen LogP contribution in [0, 0.1) is 5.82 Å². The van der Waals surface area contributed by atoms with Gasteiger partial charge in [0.2, 0.25) is 0 Å². The molecule has 21 heavy (non-hydrogen) atoms. The van der Waals surface area contributed by atoms with E-state index in [2.05, 4.69) is 15.4 Å². The first-order chi connectivity index (χ1) is 9.54. The van der Waals surface area contributed by atoms with Crippen LogP contribution in [0.2, 0.25) is 0 Å². The van der Waals surface area contributed by atoms with Crippen LogP contribution in [0.3, 0.4) is 0 Å². The average molecular weight is 327 g/mol. The Morgan fingerprint density at radius 3 is 2.62 bits per heavy atom. The van der Waals surface area contributed by atoms with Crippen LogP contribution >= 0.6 is 12.4 Å². The maximum absolute atomic E-state index is 13.0. The van der Waals surface area contributed by atoms with E-state index in [1.807, 2.05) is 6.92 Å². The molecule has 120 valence electrons. The Labute approximate surface area is 127 Å². The van der Waals surface area contributed by atoms with Gasteiger partial charge in [0.15, 0.2) is 0 Å². The summed E-state index contributed by atoms with van der Waals surface area (Å²) in [5.41, 5.74) is -0.123. The van der Waals surface area contributed by atoms with Crippen molar-refractivity contribution in [2.24, 2.45) is 0 Å². The van der Waals surface area contributed by atoms with Crippen LogP contribution in [0.1, 0.15) is 23.7 Å². The fourth-order valence-electron chi connectivity index (χ4n) is 1.54. The summed E-state index contributed by atoms with van der Waals surface area (Å²) in [4.78, 5) is 11.8. The maximum Gasteiger partial charge on any atom is 0.387 e. The monoisotopic (exact) mass is 326 g/mol. The molecule has 1 aromatic rings. The molecule has 1 aromatic carbocycles. The van der Waals surface area contributed by atoms with Gasteiger partial charge in [-0.1, -0.05) is 6.92 Å². The zero-order valence-corrected chi connectivity index (χ0v) is 12.3. The number of carbonyl (C=O) groups is 1. The number of nitrogens with one attached hydrogen (secondary N) is 2. The number of rotatable bonds is 8. The highest BCUT2D eigenvalue weighted by Crippen LogP contribution is 2.21. The van der Waals surface area contributed by atoms with E-state index in [0.717, 1.165) is 31.2 Å². The van der Waals surface area contributed by atoms with E-state index in [0.29, 0.717) is 13.1 Å². The number of alkyl halides is 2. The highest BCUT2D eigenvalue weighted by molar-refractivity contribution is 5.96. The van der Waals surface area contributed by atoms with Crippen LogP contribution in [0.25, 0.3) is 0 Å². The Hall–Kier alpha value is -1.47. The molecule has 0 aliphatic carbocycles. The van der Waals surface area contributed by atoms with E-state index >= 15 is 0 Å². The van der Waals surface area contributed by atoms with Gasteiger partial charge in [-0.15, -0.1) is 12.4 Å². The van der Waals surface area contributed by atoms with Crippen molar-refractivity contribution in [3.8, 4) is 5.75 Å². The third-order valence-electron chi connectivity index (χ3n) is 2.42. The van der Waals surface area contributed by atoms with E-state index in [-0.39, 0.29) is 18.0 Å². The highest BCUT2D eigenvalue weighted by atomic mass is 35.5. The summed E-state index contributed by atoms with van der Waals surface area (Å²) >= 11 is 0. The van der Waals surface area contributed by atoms with Crippen molar-refractivity contribution in [2.45, 2.75) is 20.0 Å². The fourth-order valence-corrected chi connectivity index (χ4v) is 1.54. The molecule has 0 aliphatic rings. The quantitative estimate of drug-likeness (QED) is 0.722. The third-order valence-corrected chi connectivity index (χ3v) is 2.42. The molecule has 0 saturated heterocycles. The van der Waals surface area contributed by atoms with Crippen LogP contribution in [0.15, 0.2) is 18.2 Å². The third kappa shape index (κ3) is 7.19. The first-order valence-electron chi connectivity index (χ1n) is 6.28. The van der Waals surface area contributed by atoms with Crippen molar-refractivity contribution >= 4 is 18.3 Å². The lowest BCUT2D eigenvalue weighted by molar-refractivity contribution is -0.0503. The summed E-state index contributed by atoms with van der Waals surface area (Å²) in [5, 5.41) is 5.61. The molecule has 0 bridgehead atoms. The summed E-state index contributed by atoms with van der Waals surface area (Å²) in [6.07, 6.45) is 0.971. The molecule has 0 spiro atoms. The Kier molecular flexibility index (Phi) is 9.56. The second kappa shape index (κ2) is 10.3. The van der Waals surface area contributed by atoms with Gasteiger partial charge in [-0.2, -0.15) is 8.78 Å². The molecular formula is C13H18ClF3N2O2. The van der Waals surface area contributed by atoms with Crippen LogP contribution in [0.4, 0.5) is 13.2 Å². The van der Waals surface area contributed by atoms with Crippen LogP contribution in [-0.4, -0.2) is 32.2 Å². The molecule has 0 fully saturated rings. The molecule has 0 radical (unpaired) electrons. The Bertz CT molecular complexity index is 447. The first-order valence-corrected chi connectivity index (χ1v) is 6.28. The smallest absolute Gasteiger partial charge is 0.387 e. The minimum Gasteiger partial charge on any atom is -0.434 e. The molecule has 4 nitrogen and oxygen atoms in total. The minimum atomic E-state index is -3.12. The van der Waals surface area contributed by atoms with Crippen molar-refractivity contribution in [3.63, 3.8) is 0 Å². The van der Waals surface area contributed by atoms with E-state index in [1.165, 1.54) is 0 Å². The molecular weight excluding hydrogens is 309 g/mol. The lowest BCUT2D eigenvalue weighted by Crippen LogP contribution is -2.32. The first kappa shape index (κ1) is 19.5. The average Bonchev–Trinajstić information content (AvgIpc) is 2.37. The van der Waals surface area contributed by atoms with E-state index in [1.54, 1.807) is 0 Å². The second-order valence-corrected chi connectivity index (χ2v) is 4.02. The van der Waals surface area contributed by atoms with E-state index in [4.69, 9.17) is 0 Å². The Morgan fingerprint density at radius 2 is 2.00 bits per heavy atom. The predicted molar refractivity (Wildman–Crippen MR) is 75.8 cm³/mol. The molecule has 0 heterocycles. The molecule has 8 heteroatoms. The van der Waals surface area contributed by atoms with E-state index in [9.17, 15) is 18.0 Å². The van der Waals surface area contributed by atoms with Crippen molar-refractivity contribution in [3.05, 3.63) is 29.6 Å². The lowest BCUT2D eigenvalue weighted by Gasteiger charge is -2.11. The molecule has 1 amide bonds. The Balaban J connectivity index is 0.00000400. The largest absolute Gasteiger partial charge is 0.434 e. The normalized spacial score (nSPS) is 10.1. The summed E-state index contributed by atoms with van der Waals surface area (Å²) < 4.78 is 41.5. The summed E-state index contributed by atoms with van der Waals surface area (Å²) in [5.74, 6) is -1.81. The van der Waals surface area contributed by atoms with Gasteiger partial charge in [0, 0.05) is 19.2 Å². The van der Waals surface area contributed by atoms with Gasteiger partial charge in [-0.3, -0.25) is 4.79 Å². The minimum absolute atomic E-state index is 0. The fraction of sp³-hybridized carbons (Fsp3) is 0.462. The summed E-state index contributed by atoms with van der Waals surface area (Å²) in [6, 6.07) is 2.89. The van der Waals surface area contributed by atoms with Gasteiger partial charge in [0.1, 0.15) is 11.6 Å². The van der Waals surface area contributed by atoms with Gasteiger partial charge in [0.05, 0.1) is 5.56 Å². The predicted octanol–water partition coefficient (Wildman–Crippen LogP) is 2.58. The maximum atomic E-state index is 13.0. The van der Waals surface area contributed by atoms with Crippen LogP contribution in [-0.2, 0) is 0 Å². The van der Waals surface area contributed by atoms with Crippen LogP contribution < -0.4 is 15.4 Å². The molecule has 0 saturated carbocycles. The van der Waals surface area contributed by atoms with Crippen LogP contribution in [0.5, 0.6) is 5.75 Å². The molecule has 0 aromatic heterocycles. The van der Waals surface area contributed by atoms with Crippen molar-refractivity contribution in [1.29, 1.82) is 0 Å². The van der Waals surface area contributed by atoms with Crippen molar-refractivity contribution < 1.29 is 22.7 Å². The highest BCUT2D eigenvalue weighted by Gasteiger charge is 2.16.